The van der Waals surface area contributed by atoms with Crippen LogP contribution in [0.2, 0.25) is 0 Å². The fraction of sp³-hybridized carbons (Fsp3) is 0.294. The molecule has 2 aromatic rings. The van der Waals surface area contributed by atoms with E-state index in [1.165, 1.54) is 13.2 Å². The highest BCUT2D eigenvalue weighted by Gasteiger charge is 2.12. The third-order valence-electron chi connectivity index (χ3n) is 2.86. The summed E-state index contributed by atoms with van der Waals surface area (Å²) >= 11 is 0. The molecule has 1 aromatic carbocycles. The number of esters is 2. The first kappa shape index (κ1) is 16.6. The molecule has 0 fully saturated rings. The van der Waals surface area contributed by atoms with Crippen LogP contribution < -0.4 is 4.74 Å². The maximum atomic E-state index is 11.7. The van der Waals surface area contributed by atoms with Crippen molar-refractivity contribution in [2.75, 3.05) is 7.11 Å². The monoisotopic (exact) mass is 318 g/mol. The topological polar surface area (TPSA) is 75.0 Å². The quantitative estimate of drug-likeness (QED) is 0.761. The number of ether oxygens (including phenoxy) is 3. The molecule has 0 aliphatic carbocycles. The summed E-state index contributed by atoms with van der Waals surface area (Å²) in [6.45, 7) is 3.75. The standard InChI is InChI=1S/C17H18O6/c1-11(2)22-16(18)12-4-6-13(7-5-12)21-10-14-8-9-15(23-14)17(19)20-3/h4-9,11H,10H2,1-3H3. The summed E-state index contributed by atoms with van der Waals surface area (Å²) in [5.41, 5.74) is 0.456. The number of hydrogen-bond donors (Lipinski definition) is 0. The van der Waals surface area contributed by atoms with Crippen LogP contribution in [0, 0.1) is 0 Å². The summed E-state index contributed by atoms with van der Waals surface area (Å²) < 4.78 is 20.5. The lowest BCUT2D eigenvalue weighted by Gasteiger charge is -2.08. The lowest BCUT2D eigenvalue weighted by Crippen LogP contribution is -2.11. The van der Waals surface area contributed by atoms with Crippen molar-refractivity contribution < 1.29 is 28.2 Å². The fourth-order valence-electron chi connectivity index (χ4n) is 1.79. The van der Waals surface area contributed by atoms with Crippen molar-refractivity contribution in [3.05, 3.63) is 53.5 Å². The molecule has 0 aliphatic rings. The average molecular weight is 318 g/mol. The van der Waals surface area contributed by atoms with E-state index < -0.39 is 5.97 Å². The zero-order valence-electron chi connectivity index (χ0n) is 13.2. The molecule has 6 heteroatoms. The van der Waals surface area contributed by atoms with E-state index in [9.17, 15) is 9.59 Å². The Morgan fingerprint density at radius 1 is 1.04 bits per heavy atom. The number of benzene rings is 1. The Balaban J connectivity index is 1.92. The van der Waals surface area contributed by atoms with Crippen molar-refractivity contribution in [1.29, 1.82) is 0 Å². The highest BCUT2D eigenvalue weighted by Crippen LogP contribution is 2.16. The van der Waals surface area contributed by atoms with Crippen LogP contribution in [0.5, 0.6) is 5.75 Å². The Bertz CT molecular complexity index is 669. The first-order chi connectivity index (χ1) is 11.0. The zero-order chi connectivity index (χ0) is 16.8. The minimum absolute atomic E-state index is 0.123. The second-order valence-electron chi connectivity index (χ2n) is 5.02. The van der Waals surface area contributed by atoms with Crippen LogP contribution in [0.15, 0.2) is 40.8 Å². The molecule has 0 saturated heterocycles. The van der Waals surface area contributed by atoms with E-state index in [0.29, 0.717) is 17.1 Å². The molecule has 0 bridgehead atoms. The van der Waals surface area contributed by atoms with E-state index in [1.807, 2.05) is 0 Å². The van der Waals surface area contributed by atoms with Crippen molar-refractivity contribution in [2.45, 2.75) is 26.6 Å². The van der Waals surface area contributed by atoms with Crippen LogP contribution in [-0.4, -0.2) is 25.2 Å². The molecule has 0 radical (unpaired) electrons. The molecule has 0 N–H and O–H groups in total. The molecule has 0 spiro atoms. The Morgan fingerprint density at radius 3 is 2.35 bits per heavy atom. The molecule has 122 valence electrons. The van der Waals surface area contributed by atoms with Gasteiger partial charge >= 0.3 is 11.9 Å². The number of furan rings is 1. The van der Waals surface area contributed by atoms with Crippen molar-refractivity contribution in [2.24, 2.45) is 0 Å². The largest absolute Gasteiger partial charge is 0.486 e. The van der Waals surface area contributed by atoms with Gasteiger partial charge in [-0.3, -0.25) is 0 Å². The molecule has 23 heavy (non-hydrogen) atoms. The number of hydrogen-bond acceptors (Lipinski definition) is 6. The summed E-state index contributed by atoms with van der Waals surface area (Å²) in [6, 6.07) is 9.75. The number of carbonyl (C=O) groups excluding carboxylic acids is 2. The van der Waals surface area contributed by atoms with Crippen molar-refractivity contribution in [3.8, 4) is 5.75 Å². The van der Waals surface area contributed by atoms with Gasteiger partial charge < -0.3 is 18.6 Å². The average Bonchev–Trinajstić information content (AvgIpc) is 3.01. The molecule has 0 unspecified atom stereocenters. The van der Waals surface area contributed by atoms with Gasteiger partial charge in [-0.05, 0) is 50.2 Å². The van der Waals surface area contributed by atoms with Crippen LogP contribution in [0.4, 0.5) is 0 Å². The van der Waals surface area contributed by atoms with Crippen LogP contribution >= 0.6 is 0 Å². The first-order valence-corrected chi connectivity index (χ1v) is 7.10. The van der Waals surface area contributed by atoms with Gasteiger partial charge in [0.2, 0.25) is 5.76 Å². The van der Waals surface area contributed by atoms with Gasteiger partial charge in [-0.15, -0.1) is 0 Å². The third-order valence-corrected chi connectivity index (χ3v) is 2.86. The SMILES string of the molecule is COC(=O)c1ccc(COc2ccc(C(=O)OC(C)C)cc2)o1. The molecule has 1 heterocycles. The minimum atomic E-state index is -0.538. The van der Waals surface area contributed by atoms with Crippen LogP contribution in [0.1, 0.15) is 40.5 Å². The zero-order valence-corrected chi connectivity index (χ0v) is 13.2. The second-order valence-corrected chi connectivity index (χ2v) is 5.02. The van der Waals surface area contributed by atoms with Gasteiger partial charge in [-0.25, -0.2) is 9.59 Å². The summed E-state index contributed by atoms with van der Waals surface area (Å²) in [4.78, 5) is 23.0. The predicted molar refractivity (Wildman–Crippen MR) is 81.4 cm³/mol. The molecule has 6 nitrogen and oxygen atoms in total. The maximum Gasteiger partial charge on any atom is 0.373 e. The van der Waals surface area contributed by atoms with E-state index in [1.54, 1.807) is 44.2 Å². The molecule has 0 amide bonds. The van der Waals surface area contributed by atoms with E-state index in [2.05, 4.69) is 4.74 Å². The molecular weight excluding hydrogens is 300 g/mol. The Kier molecular flexibility index (Phi) is 5.41. The van der Waals surface area contributed by atoms with Crippen LogP contribution in [0.25, 0.3) is 0 Å². The number of carbonyl (C=O) groups is 2. The number of methoxy groups -OCH3 is 1. The molecular formula is C17H18O6. The summed E-state index contributed by atoms with van der Waals surface area (Å²) in [6.07, 6.45) is -0.165. The predicted octanol–water partition coefficient (Wildman–Crippen LogP) is 3.21. The number of rotatable bonds is 6. The lowest BCUT2D eigenvalue weighted by molar-refractivity contribution is 0.0377. The fourth-order valence-corrected chi connectivity index (χ4v) is 1.79. The van der Waals surface area contributed by atoms with Gasteiger partial charge in [0.1, 0.15) is 18.1 Å². The molecule has 1 aromatic heterocycles. The Labute approximate surface area is 134 Å². The lowest BCUT2D eigenvalue weighted by atomic mass is 10.2. The van der Waals surface area contributed by atoms with Gasteiger partial charge in [0.05, 0.1) is 18.8 Å². The Hall–Kier alpha value is -2.76. The normalized spacial score (nSPS) is 10.4. The summed E-state index contributed by atoms with van der Waals surface area (Å²) in [7, 11) is 1.28. The van der Waals surface area contributed by atoms with Gasteiger partial charge in [0.25, 0.3) is 0 Å². The minimum Gasteiger partial charge on any atom is -0.486 e. The molecule has 0 atom stereocenters. The smallest absolute Gasteiger partial charge is 0.373 e. The third kappa shape index (κ3) is 4.60. The Morgan fingerprint density at radius 2 is 1.74 bits per heavy atom. The van der Waals surface area contributed by atoms with Gasteiger partial charge in [0, 0.05) is 0 Å². The van der Waals surface area contributed by atoms with Gasteiger partial charge in [-0.1, -0.05) is 0 Å². The summed E-state index contributed by atoms with van der Waals surface area (Å²) in [5.74, 6) is 0.276. The highest BCUT2D eigenvalue weighted by molar-refractivity contribution is 5.89. The van der Waals surface area contributed by atoms with Crippen molar-refractivity contribution in [1.82, 2.24) is 0 Å². The van der Waals surface area contributed by atoms with Crippen LogP contribution in [-0.2, 0) is 16.1 Å². The van der Waals surface area contributed by atoms with E-state index in [-0.39, 0.29) is 24.4 Å². The second kappa shape index (κ2) is 7.49. The maximum absolute atomic E-state index is 11.7. The van der Waals surface area contributed by atoms with E-state index in [4.69, 9.17) is 13.9 Å². The van der Waals surface area contributed by atoms with Gasteiger partial charge in [0.15, 0.2) is 0 Å². The van der Waals surface area contributed by atoms with E-state index >= 15 is 0 Å². The molecule has 0 aliphatic heterocycles. The first-order valence-electron chi connectivity index (χ1n) is 7.10. The molecule has 2 rings (SSSR count). The van der Waals surface area contributed by atoms with Crippen LogP contribution in [0.3, 0.4) is 0 Å². The van der Waals surface area contributed by atoms with Gasteiger partial charge in [-0.2, -0.15) is 0 Å². The van der Waals surface area contributed by atoms with E-state index in [0.717, 1.165) is 0 Å². The van der Waals surface area contributed by atoms with Crippen molar-refractivity contribution in [3.63, 3.8) is 0 Å². The van der Waals surface area contributed by atoms with Crippen molar-refractivity contribution >= 4 is 11.9 Å². The molecule has 0 saturated carbocycles. The highest BCUT2D eigenvalue weighted by atomic mass is 16.5. The summed E-state index contributed by atoms with van der Waals surface area (Å²) in [5, 5.41) is 0.